The van der Waals surface area contributed by atoms with Crippen LogP contribution in [0.15, 0.2) is 72.2 Å². The molecule has 2 aromatic rings. The van der Waals surface area contributed by atoms with Gasteiger partial charge in [-0.15, -0.1) is 0 Å². The average molecular weight is 351 g/mol. The molecule has 0 N–H and O–H groups in total. The van der Waals surface area contributed by atoms with Crippen molar-refractivity contribution >= 4 is 29.0 Å². The molecule has 126 valence electrons. The zero-order valence-corrected chi connectivity index (χ0v) is 14.4. The lowest BCUT2D eigenvalue weighted by Gasteiger charge is -2.12. The van der Waals surface area contributed by atoms with E-state index in [-0.39, 0.29) is 17.7 Å². The lowest BCUT2D eigenvalue weighted by Crippen LogP contribution is -2.27. The molecule has 3 rings (SSSR count). The summed E-state index contributed by atoms with van der Waals surface area (Å²) in [6, 6.07) is 16.8. The minimum atomic E-state index is -0.258. The first kappa shape index (κ1) is 17.0. The Kier molecular flexibility index (Phi) is 5.36. The molecule has 1 aliphatic rings. The molecular weight excluding hydrogens is 334 g/mol. The lowest BCUT2D eigenvalue weighted by atomic mass is 10.2. The number of nitrogens with zero attached hydrogens (tertiary/aromatic N) is 1. The van der Waals surface area contributed by atoms with Crippen LogP contribution in [0.3, 0.4) is 0 Å². The van der Waals surface area contributed by atoms with Gasteiger partial charge in [0.1, 0.15) is 12.4 Å². The highest BCUT2D eigenvalue weighted by atomic mass is 32.2. The number of hydrogen-bond donors (Lipinski definition) is 0. The van der Waals surface area contributed by atoms with Crippen molar-refractivity contribution in [1.82, 2.24) is 4.90 Å². The van der Waals surface area contributed by atoms with E-state index in [9.17, 15) is 9.59 Å². The molecule has 5 heteroatoms. The van der Waals surface area contributed by atoms with Gasteiger partial charge in [0.2, 0.25) is 0 Å². The van der Waals surface area contributed by atoms with Gasteiger partial charge in [-0.3, -0.25) is 14.5 Å². The maximum absolute atomic E-state index is 12.5. The normalized spacial score (nSPS) is 15.7. The summed E-state index contributed by atoms with van der Waals surface area (Å²) in [7, 11) is 0. The minimum Gasteiger partial charge on any atom is -0.490 e. The molecule has 0 unspecified atom stereocenters. The summed E-state index contributed by atoms with van der Waals surface area (Å²) >= 11 is 0.968. The van der Waals surface area contributed by atoms with E-state index in [2.05, 4.69) is 6.58 Å². The second-order valence-corrected chi connectivity index (χ2v) is 6.42. The fourth-order valence-electron chi connectivity index (χ4n) is 2.37. The van der Waals surface area contributed by atoms with E-state index in [1.807, 2.05) is 54.6 Å². The van der Waals surface area contributed by atoms with Crippen LogP contribution in [0.25, 0.3) is 6.08 Å². The second-order valence-electron chi connectivity index (χ2n) is 5.42. The average Bonchev–Trinajstić information content (AvgIpc) is 2.89. The van der Waals surface area contributed by atoms with Gasteiger partial charge in [0.05, 0.1) is 11.4 Å². The van der Waals surface area contributed by atoms with Gasteiger partial charge in [0, 0.05) is 0 Å². The fourth-order valence-corrected chi connectivity index (χ4v) is 3.21. The number of amides is 2. The first-order valence-electron chi connectivity index (χ1n) is 7.80. The molecule has 2 aromatic carbocycles. The summed E-state index contributed by atoms with van der Waals surface area (Å²) in [6.45, 7) is 4.33. The van der Waals surface area contributed by atoms with Gasteiger partial charge < -0.3 is 4.74 Å². The molecule has 1 aliphatic heterocycles. The van der Waals surface area contributed by atoms with E-state index in [4.69, 9.17) is 4.74 Å². The van der Waals surface area contributed by atoms with Crippen LogP contribution in [0.2, 0.25) is 0 Å². The number of hydrogen-bond acceptors (Lipinski definition) is 4. The Morgan fingerprint density at radius 2 is 1.76 bits per heavy atom. The van der Waals surface area contributed by atoms with Crippen LogP contribution in [-0.2, 0) is 11.3 Å². The SMILES string of the molecule is C=CCOc1ccc(C=C2SC(=O)N(Cc3ccccc3)C2=O)cc1. The quantitative estimate of drug-likeness (QED) is 0.568. The topological polar surface area (TPSA) is 46.6 Å². The van der Waals surface area contributed by atoms with Gasteiger partial charge in [0.25, 0.3) is 11.1 Å². The van der Waals surface area contributed by atoms with Gasteiger partial charge in [-0.25, -0.2) is 0 Å². The summed E-state index contributed by atoms with van der Waals surface area (Å²) in [5.41, 5.74) is 1.77. The third-order valence-electron chi connectivity index (χ3n) is 3.60. The minimum absolute atomic E-state index is 0.244. The highest BCUT2D eigenvalue weighted by Crippen LogP contribution is 2.33. The highest BCUT2D eigenvalue weighted by molar-refractivity contribution is 8.18. The molecule has 2 amide bonds. The van der Waals surface area contributed by atoms with E-state index in [1.165, 1.54) is 4.90 Å². The number of rotatable bonds is 6. The predicted octanol–water partition coefficient (Wildman–Crippen LogP) is 4.49. The standard InChI is InChI=1S/C20H17NO3S/c1-2-12-24-17-10-8-15(9-11-17)13-18-19(22)21(20(23)25-18)14-16-6-4-3-5-7-16/h2-11,13H,1,12,14H2. The van der Waals surface area contributed by atoms with Gasteiger partial charge in [-0.1, -0.05) is 55.1 Å². The van der Waals surface area contributed by atoms with E-state index >= 15 is 0 Å². The molecule has 0 spiro atoms. The maximum atomic E-state index is 12.5. The summed E-state index contributed by atoms with van der Waals surface area (Å²) in [5.74, 6) is 0.472. The Morgan fingerprint density at radius 3 is 2.44 bits per heavy atom. The molecule has 1 fully saturated rings. The van der Waals surface area contributed by atoms with Crippen molar-refractivity contribution in [3.05, 3.63) is 83.3 Å². The van der Waals surface area contributed by atoms with Crippen LogP contribution in [-0.4, -0.2) is 22.7 Å². The molecule has 0 radical (unpaired) electrons. The van der Waals surface area contributed by atoms with E-state index < -0.39 is 0 Å². The molecule has 0 atom stereocenters. The summed E-state index contributed by atoms with van der Waals surface area (Å²) in [5, 5.41) is -0.244. The van der Waals surface area contributed by atoms with Crippen LogP contribution in [0.5, 0.6) is 5.75 Å². The fraction of sp³-hybridized carbons (Fsp3) is 0.100. The van der Waals surface area contributed by atoms with E-state index in [0.29, 0.717) is 11.5 Å². The third kappa shape index (κ3) is 4.19. The number of carbonyl (C=O) groups excluding carboxylic acids is 2. The number of ether oxygens (including phenoxy) is 1. The first-order chi connectivity index (χ1) is 12.2. The van der Waals surface area contributed by atoms with Crippen molar-refractivity contribution in [3.8, 4) is 5.75 Å². The van der Waals surface area contributed by atoms with Gasteiger partial charge in [0.15, 0.2) is 0 Å². The molecule has 0 saturated carbocycles. The summed E-state index contributed by atoms with van der Waals surface area (Å²) < 4.78 is 5.43. The van der Waals surface area contributed by atoms with Crippen molar-refractivity contribution in [1.29, 1.82) is 0 Å². The van der Waals surface area contributed by atoms with Gasteiger partial charge in [-0.05, 0) is 41.1 Å². The molecule has 0 bridgehead atoms. The Morgan fingerprint density at radius 1 is 1.04 bits per heavy atom. The van der Waals surface area contributed by atoms with E-state index in [0.717, 1.165) is 28.6 Å². The van der Waals surface area contributed by atoms with Crippen LogP contribution in [0.4, 0.5) is 4.79 Å². The van der Waals surface area contributed by atoms with Gasteiger partial charge in [-0.2, -0.15) is 0 Å². The van der Waals surface area contributed by atoms with Crippen LogP contribution < -0.4 is 4.74 Å². The first-order valence-corrected chi connectivity index (χ1v) is 8.62. The Bertz CT molecular complexity index is 813. The second kappa shape index (κ2) is 7.85. The van der Waals surface area contributed by atoms with Crippen molar-refractivity contribution in [2.24, 2.45) is 0 Å². The van der Waals surface area contributed by atoms with Crippen molar-refractivity contribution in [3.63, 3.8) is 0 Å². The molecular formula is C20H17NO3S. The van der Waals surface area contributed by atoms with Crippen LogP contribution in [0, 0.1) is 0 Å². The lowest BCUT2D eigenvalue weighted by molar-refractivity contribution is -0.123. The largest absolute Gasteiger partial charge is 0.490 e. The molecule has 1 heterocycles. The van der Waals surface area contributed by atoms with Crippen molar-refractivity contribution in [2.75, 3.05) is 6.61 Å². The molecule has 1 saturated heterocycles. The van der Waals surface area contributed by atoms with Crippen LogP contribution >= 0.6 is 11.8 Å². The number of thioether (sulfide) groups is 1. The predicted molar refractivity (Wildman–Crippen MR) is 100 cm³/mol. The van der Waals surface area contributed by atoms with Gasteiger partial charge >= 0.3 is 0 Å². The smallest absolute Gasteiger partial charge is 0.293 e. The van der Waals surface area contributed by atoms with Crippen molar-refractivity contribution in [2.45, 2.75) is 6.54 Å². The van der Waals surface area contributed by atoms with Crippen molar-refractivity contribution < 1.29 is 14.3 Å². The maximum Gasteiger partial charge on any atom is 0.293 e. The molecule has 0 aliphatic carbocycles. The van der Waals surface area contributed by atoms with E-state index in [1.54, 1.807) is 12.2 Å². The Hall–Kier alpha value is -2.79. The Balaban J connectivity index is 1.72. The Labute approximate surface area is 150 Å². The molecule has 4 nitrogen and oxygen atoms in total. The summed E-state index contributed by atoms with van der Waals surface area (Å²) in [4.78, 5) is 26.4. The zero-order valence-electron chi connectivity index (χ0n) is 13.6. The zero-order chi connectivity index (χ0) is 17.6. The molecule has 0 aromatic heterocycles. The highest BCUT2D eigenvalue weighted by Gasteiger charge is 2.34. The summed E-state index contributed by atoms with van der Waals surface area (Å²) in [6.07, 6.45) is 3.41. The number of imide groups is 1. The molecule has 25 heavy (non-hydrogen) atoms. The third-order valence-corrected chi connectivity index (χ3v) is 4.51. The van der Waals surface area contributed by atoms with Crippen LogP contribution in [0.1, 0.15) is 11.1 Å². The number of benzene rings is 2. The monoisotopic (exact) mass is 351 g/mol. The number of carbonyl (C=O) groups is 2.